The van der Waals surface area contributed by atoms with Crippen molar-refractivity contribution in [3.8, 4) is 0 Å². The van der Waals surface area contributed by atoms with Crippen molar-refractivity contribution < 1.29 is 8.78 Å². The van der Waals surface area contributed by atoms with E-state index in [1.165, 1.54) is 6.07 Å². The van der Waals surface area contributed by atoms with Crippen LogP contribution in [0.4, 0.5) is 8.78 Å². The van der Waals surface area contributed by atoms with E-state index in [2.05, 4.69) is 20.0 Å². The molecular formula is C24H23F2N5. The summed E-state index contributed by atoms with van der Waals surface area (Å²) in [6.07, 6.45) is 3.39. The lowest BCUT2D eigenvalue weighted by Crippen LogP contribution is -2.29. The van der Waals surface area contributed by atoms with Crippen molar-refractivity contribution in [3.05, 3.63) is 95.6 Å². The average molecular weight is 419 g/mol. The van der Waals surface area contributed by atoms with Gasteiger partial charge in [0.25, 0.3) is 0 Å². The number of nitrogens with one attached hydrogen (secondary N) is 1. The Hall–Kier alpha value is -3.61. The van der Waals surface area contributed by atoms with Crippen LogP contribution in [0.3, 0.4) is 0 Å². The molecule has 1 N–H and O–H groups in total. The molecule has 0 radical (unpaired) electrons. The first kappa shape index (κ1) is 22.1. The fraction of sp³-hybridized carbons (Fsp3) is 0.208. The quantitative estimate of drug-likeness (QED) is 0.518. The molecule has 0 bridgehead atoms. The molecule has 2 aromatic heterocycles. The number of nitrogens with zero attached hydrogens (tertiary/aromatic N) is 4. The van der Waals surface area contributed by atoms with Crippen molar-refractivity contribution in [2.24, 2.45) is 15.9 Å². The van der Waals surface area contributed by atoms with Gasteiger partial charge in [-0.05, 0) is 55.8 Å². The van der Waals surface area contributed by atoms with E-state index in [1.54, 1.807) is 12.4 Å². The van der Waals surface area contributed by atoms with Gasteiger partial charge in [0, 0.05) is 23.8 Å². The smallest absolute Gasteiger partial charge is 0.159 e. The normalized spacial score (nSPS) is 13.2. The summed E-state index contributed by atoms with van der Waals surface area (Å²) in [5, 5.41) is 8.70. The van der Waals surface area contributed by atoms with E-state index >= 15 is 0 Å². The molecule has 0 fully saturated rings. The predicted molar refractivity (Wildman–Crippen MR) is 119 cm³/mol. The highest BCUT2D eigenvalue weighted by molar-refractivity contribution is 6.26. The standard InChI is InChI=1S/C24H23F2N5/c1-16(30-14-19-7-3-5-11-28-19)23(17(2)31-15-20-8-4-6-12-29-20)24(27)18-9-10-21(25)22(26)13-18/h3-13,23,27H,14-15H2,1-2H3. The van der Waals surface area contributed by atoms with Crippen molar-refractivity contribution >= 4 is 17.1 Å². The van der Waals surface area contributed by atoms with Crippen LogP contribution in [-0.2, 0) is 13.1 Å². The number of pyridine rings is 2. The molecule has 7 heteroatoms. The first-order valence-corrected chi connectivity index (χ1v) is 9.81. The molecule has 31 heavy (non-hydrogen) atoms. The highest BCUT2D eigenvalue weighted by Crippen LogP contribution is 2.17. The Labute approximate surface area is 180 Å². The largest absolute Gasteiger partial charge is 0.304 e. The first-order chi connectivity index (χ1) is 15.0. The lowest BCUT2D eigenvalue weighted by Gasteiger charge is -2.19. The molecule has 3 rings (SSSR count). The SMILES string of the molecule is CC(=NCc1ccccn1)C(C(=N)c1ccc(F)c(F)c1)C(C)=NCc1ccccn1. The van der Waals surface area contributed by atoms with E-state index in [0.29, 0.717) is 24.5 Å². The van der Waals surface area contributed by atoms with E-state index in [1.807, 2.05) is 50.2 Å². The molecule has 0 spiro atoms. The maximum absolute atomic E-state index is 13.8. The van der Waals surface area contributed by atoms with Gasteiger partial charge in [-0.3, -0.25) is 20.0 Å². The van der Waals surface area contributed by atoms with Crippen molar-refractivity contribution in [1.29, 1.82) is 5.41 Å². The molecule has 0 unspecified atom stereocenters. The third-order valence-corrected chi connectivity index (χ3v) is 4.79. The third kappa shape index (κ3) is 5.94. The molecule has 0 saturated heterocycles. The molecule has 5 nitrogen and oxygen atoms in total. The number of rotatable bonds is 8. The Morgan fingerprint density at radius 1 is 0.839 bits per heavy atom. The van der Waals surface area contributed by atoms with Gasteiger partial charge in [0.15, 0.2) is 11.6 Å². The van der Waals surface area contributed by atoms with Gasteiger partial charge in [-0.2, -0.15) is 0 Å². The minimum Gasteiger partial charge on any atom is -0.304 e. The second-order valence-electron chi connectivity index (χ2n) is 7.03. The van der Waals surface area contributed by atoms with Crippen LogP contribution in [0.5, 0.6) is 0 Å². The summed E-state index contributed by atoms with van der Waals surface area (Å²) in [6.45, 7) is 4.31. The van der Waals surface area contributed by atoms with Gasteiger partial charge in [-0.1, -0.05) is 18.2 Å². The Balaban J connectivity index is 1.91. The topological polar surface area (TPSA) is 74.3 Å². The monoisotopic (exact) mass is 419 g/mol. The van der Waals surface area contributed by atoms with E-state index < -0.39 is 17.6 Å². The number of benzene rings is 1. The van der Waals surface area contributed by atoms with Gasteiger partial charge in [0.05, 0.1) is 36.1 Å². The van der Waals surface area contributed by atoms with Crippen LogP contribution < -0.4 is 0 Å². The van der Waals surface area contributed by atoms with Crippen LogP contribution in [0.2, 0.25) is 0 Å². The number of hydrogen-bond donors (Lipinski definition) is 1. The summed E-state index contributed by atoms with van der Waals surface area (Å²) in [7, 11) is 0. The minimum atomic E-state index is -0.993. The molecule has 0 atom stereocenters. The van der Waals surface area contributed by atoms with Crippen molar-refractivity contribution in [3.63, 3.8) is 0 Å². The van der Waals surface area contributed by atoms with Crippen LogP contribution in [0.1, 0.15) is 30.8 Å². The van der Waals surface area contributed by atoms with Gasteiger partial charge in [-0.25, -0.2) is 8.78 Å². The molecule has 1 aromatic carbocycles. The molecule has 158 valence electrons. The van der Waals surface area contributed by atoms with Crippen LogP contribution in [0.25, 0.3) is 0 Å². The fourth-order valence-corrected chi connectivity index (χ4v) is 3.13. The zero-order valence-electron chi connectivity index (χ0n) is 17.4. The Morgan fingerprint density at radius 2 is 1.39 bits per heavy atom. The second-order valence-corrected chi connectivity index (χ2v) is 7.03. The van der Waals surface area contributed by atoms with Crippen molar-refractivity contribution in [1.82, 2.24) is 9.97 Å². The lowest BCUT2D eigenvalue weighted by atomic mass is 9.89. The molecule has 0 aliphatic carbocycles. The average Bonchev–Trinajstić information content (AvgIpc) is 2.79. The molecule has 0 saturated carbocycles. The van der Waals surface area contributed by atoms with Gasteiger partial charge >= 0.3 is 0 Å². The zero-order chi connectivity index (χ0) is 22.2. The number of aliphatic imine (C=N–C) groups is 2. The second kappa shape index (κ2) is 10.4. The third-order valence-electron chi connectivity index (χ3n) is 4.79. The fourth-order valence-electron chi connectivity index (χ4n) is 3.13. The summed E-state index contributed by atoms with van der Waals surface area (Å²) in [4.78, 5) is 17.7. The Kier molecular flexibility index (Phi) is 7.43. The summed E-state index contributed by atoms with van der Waals surface area (Å²) < 4.78 is 27.2. The predicted octanol–water partition coefficient (Wildman–Crippen LogP) is 5.06. The van der Waals surface area contributed by atoms with E-state index in [9.17, 15) is 8.78 Å². The zero-order valence-corrected chi connectivity index (χ0v) is 17.4. The first-order valence-electron chi connectivity index (χ1n) is 9.81. The van der Waals surface area contributed by atoms with Crippen molar-refractivity contribution in [2.45, 2.75) is 26.9 Å². The van der Waals surface area contributed by atoms with Crippen LogP contribution in [0.15, 0.2) is 77.0 Å². The lowest BCUT2D eigenvalue weighted by molar-refractivity contribution is 0.508. The molecule has 2 heterocycles. The van der Waals surface area contributed by atoms with Crippen molar-refractivity contribution in [2.75, 3.05) is 0 Å². The van der Waals surface area contributed by atoms with Gasteiger partial charge in [0.1, 0.15) is 0 Å². The summed E-state index contributed by atoms with van der Waals surface area (Å²) in [5.41, 5.74) is 3.25. The van der Waals surface area contributed by atoms with E-state index in [4.69, 9.17) is 5.41 Å². The minimum absolute atomic E-state index is 0.100. The number of hydrogen-bond acceptors (Lipinski definition) is 5. The van der Waals surface area contributed by atoms with Gasteiger partial charge < -0.3 is 5.41 Å². The summed E-state index contributed by atoms with van der Waals surface area (Å²) >= 11 is 0. The van der Waals surface area contributed by atoms with Crippen LogP contribution in [-0.4, -0.2) is 27.1 Å². The highest BCUT2D eigenvalue weighted by atomic mass is 19.2. The molecule has 0 aliphatic rings. The number of aromatic nitrogens is 2. The summed E-state index contributed by atoms with van der Waals surface area (Å²) in [6, 6.07) is 14.6. The van der Waals surface area contributed by atoms with E-state index in [0.717, 1.165) is 23.5 Å². The molecular weight excluding hydrogens is 396 g/mol. The molecule has 0 amide bonds. The van der Waals surface area contributed by atoms with E-state index in [-0.39, 0.29) is 11.3 Å². The van der Waals surface area contributed by atoms with Gasteiger partial charge in [0.2, 0.25) is 0 Å². The maximum atomic E-state index is 13.8. The summed E-state index contributed by atoms with van der Waals surface area (Å²) in [5.74, 6) is -2.53. The van der Waals surface area contributed by atoms with Crippen LogP contribution in [0, 0.1) is 23.0 Å². The molecule has 0 aliphatic heterocycles. The molecule has 3 aromatic rings. The Bertz CT molecular complexity index is 1040. The van der Waals surface area contributed by atoms with Gasteiger partial charge in [-0.15, -0.1) is 0 Å². The van der Waals surface area contributed by atoms with Crippen LogP contribution >= 0.6 is 0 Å². The maximum Gasteiger partial charge on any atom is 0.159 e. The highest BCUT2D eigenvalue weighted by Gasteiger charge is 2.23. The number of halogens is 2. The Morgan fingerprint density at radius 3 is 1.84 bits per heavy atom.